The maximum atomic E-state index is 12.5. The van der Waals surface area contributed by atoms with Gasteiger partial charge in [-0.2, -0.15) is 0 Å². The second-order valence-electron chi connectivity index (χ2n) is 10.2. The van der Waals surface area contributed by atoms with Crippen molar-refractivity contribution >= 4 is 24.2 Å². The highest BCUT2D eigenvalue weighted by Crippen LogP contribution is 2.38. The molecule has 0 saturated heterocycles. The molecule has 0 aromatic heterocycles. The molecule has 0 spiro atoms. The number of fused-ring (bicyclic) bond motifs is 1. The second kappa shape index (κ2) is 13.4. The van der Waals surface area contributed by atoms with E-state index in [4.69, 9.17) is 14.5 Å². The average Bonchev–Trinajstić information content (AvgIpc) is 2.99. The average molecular weight is 564 g/mol. The molecule has 1 N–H and O–H groups in total. The maximum absolute atomic E-state index is 12.5. The Bertz CT molecular complexity index is 1340. The molecule has 11 nitrogen and oxygen atoms in total. The molecule has 2 atom stereocenters. The Hall–Kier alpha value is -4.25. The van der Waals surface area contributed by atoms with Crippen molar-refractivity contribution in [1.82, 2.24) is 15.1 Å². The third-order valence-electron chi connectivity index (χ3n) is 7.84. The number of hydrogen-bond donors (Lipinski definition) is 1. The standard InChI is InChI=1S/C30H37N5O6/c1-5-25-30(28(29(31-18-36)20(2)32-25)21-7-9-24(10-8-21)35(38)39)34(19-37)13-6-12-33-14-11-22-15-26(40-3)27(41-4)16-23(22)17-33/h7-10,15-16,18-19,28-29H,5-6,11-14,17H2,1-4H3,(H,31,36). The summed E-state index contributed by atoms with van der Waals surface area (Å²) in [6, 6.07) is 9.85. The topological polar surface area (TPSA) is 127 Å². The van der Waals surface area contributed by atoms with E-state index in [9.17, 15) is 19.7 Å². The van der Waals surface area contributed by atoms with E-state index in [1.165, 1.54) is 23.3 Å². The molecule has 0 aliphatic carbocycles. The van der Waals surface area contributed by atoms with Gasteiger partial charge in [0.2, 0.25) is 12.8 Å². The Kier molecular flexibility index (Phi) is 9.72. The summed E-state index contributed by atoms with van der Waals surface area (Å²) in [6.45, 7) is 6.74. The molecule has 41 heavy (non-hydrogen) atoms. The van der Waals surface area contributed by atoms with E-state index >= 15 is 0 Å². The summed E-state index contributed by atoms with van der Waals surface area (Å²) in [5, 5.41) is 14.1. The lowest BCUT2D eigenvalue weighted by molar-refractivity contribution is -0.384. The van der Waals surface area contributed by atoms with Gasteiger partial charge in [0.1, 0.15) is 0 Å². The third-order valence-corrected chi connectivity index (χ3v) is 7.84. The number of non-ortho nitro benzene ring substituents is 1. The van der Waals surface area contributed by atoms with Crippen molar-refractivity contribution < 1.29 is 24.0 Å². The number of nitrogens with one attached hydrogen (secondary N) is 1. The number of nitrogens with zero attached hydrogens (tertiary/aromatic N) is 4. The van der Waals surface area contributed by atoms with E-state index in [2.05, 4.69) is 10.2 Å². The van der Waals surface area contributed by atoms with Gasteiger partial charge in [-0.1, -0.05) is 19.1 Å². The molecule has 4 rings (SSSR count). The van der Waals surface area contributed by atoms with Crippen LogP contribution in [0.1, 0.15) is 49.3 Å². The fourth-order valence-corrected chi connectivity index (χ4v) is 5.79. The van der Waals surface area contributed by atoms with Crippen molar-refractivity contribution in [2.75, 3.05) is 33.9 Å². The first-order valence-electron chi connectivity index (χ1n) is 13.7. The van der Waals surface area contributed by atoms with E-state index in [0.717, 1.165) is 55.9 Å². The van der Waals surface area contributed by atoms with Crippen LogP contribution in [0.2, 0.25) is 0 Å². The van der Waals surface area contributed by atoms with Crippen molar-refractivity contribution in [3.05, 3.63) is 74.6 Å². The molecular weight excluding hydrogens is 526 g/mol. The number of benzene rings is 2. The Morgan fingerprint density at radius 1 is 1.15 bits per heavy atom. The summed E-state index contributed by atoms with van der Waals surface area (Å²) in [5.41, 5.74) is 5.37. The summed E-state index contributed by atoms with van der Waals surface area (Å²) < 4.78 is 10.9. The van der Waals surface area contributed by atoms with Gasteiger partial charge in [0.25, 0.3) is 5.69 Å². The minimum absolute atomic E-state index is 0.0255. The summed E-state index contributed by atoms with van der Waals surface area (Å²) in [7, 11) is 3.27. The number of hydrogen-bond acceptors (Lipinski definition) is 8. The molecule has 11 heteroatoms. The predicted octanol–water partition coefficient (Wildman–Crippen LogP) is 3.81. The summed E-state index contributed by atoms with van der Waals surface area (Å²) in [4.78, 5) is 43.7. The van der Waals surface area contributed by atoms with Crippen LogP contribution in [0.4, 0.5) is 5.69 Å². The maximum Gasteiger partial charge on any atom is 0.269 e. The van der Waals surface area contributed by atoms with Gasteiger partial charge < -0.3 is 19.7 Å². The molecule has 2 aliphatic heterocycles. The van der Waals surface area contributed by atoms with E-state index in [1.54, 1.807) is 31.3 Å². The molecule has 0 bridgehead atoms. The number of amides is 2. The van der Waals surface area contributed by atoms with Gasteiger partial charge in [-0.15, -0.1) is 0 Å². The van der Waals surface area contributed by atoms with Crippen molar-refractivity contribution in [2.24, 2.45) is 4.99 Å². The van der Waals surface area contributed by atoms with Crippen LogP contribution in [0.25, 0.3) is 0 Å². The largest absolute Gasteiger partial charge is 0.493 e. The monoisotopic (exact) mass is 563 g/mol. The third kappa shape index (κ3) is 6.40. The van der Waals surface area contributed by atoms with E-state index < -0.39 is 16.9 Å². The fourth-order valence-electron chi connectivity index (χ4n) is 5.79. The van der Waals surface area contributed by atoms with Gasteiger partial charge in [0.05, 0.1) is 42.5 Å². The Labute approximate surface area is 240 Å². The van der Waals surface area contributed by atoms with Gasteiger partial charge in [-0.25, -0.2) is 0 Å². The lowest BCUT2D eigenvalue weighted by atomic mass is 9.82. The minimum Gasteiger partial charge on any atom is -0.493 e. The number of ether oxygens (including phenoxy) is 2. The number of carbonyl (C=O) groups excluding carboxylic acids is 2. The first kappa shape index (κ1) is 29.7. The number of nitro groups is 1. The smallest absolute Gasteiger partial charge is 0.269 e. The van der Waals surface area contributed by atoms with Gasteiger partial charge >= 0.3 is 0 Å². The molecule has 0 radical (unpaired) electrons. The molecule has 2 unspecified atom stereocenters. The van der Waals surface area contributed by atoms with E-state index in [-0.39, 0.29) is 5.69 Å². The van der Waals surface area contributed by atoms with Crippen molar-refractivity contribution in [1.29, 1.82) is 0 Å². The molecule has 2 aromatic rings. The first-order chi connectivity index (χ1) is 19.8. The zero-order valence-electron chi connectivity index (χ0n) is 24.0. The Morgan fingerprint density at radius 2 is 1.83 bits per heavy atom. The summed E-state index contributed by atoms with van der Waals surface area (Å²) in [6.07, 6.45) is 3.65. The van der Waals surface area contributed by atoms with Crippen LogP contribution in [0.15, 0.2) is 52.8 Å². The molecule has 218 valence electrons. The number of aliphatic imine (C=N–C) groups is 1. The quantitative estimate of drug-likeness (QED) is 0.223. The van der Waals surface area contributed by atoms with Gasteiger partial charge in [-0.05, 0) is 55.0 Å². The zero-order valence-corrected chi connectivity index (χ0v) is 24.0. The Morgan fingerprint density at radius 3 is 2.41 bits per heavy atom. The van der Waals surface area contributed by atoms with Gasteiger partial charge in [0.15, 0.2) is 11.5 Å². The zero-order chi connectivity index (χ0) is 29.5. The highest BCUT2D eigenvalue weighted by Gasteiger charge is 2.37. The van der Waals surface area contributed by atoms with Gasteiger partial charge in [0, 0.05) is 44.0 Å². The number of methoxy groups -OCH3 is 2. The van der Waals surface area contributed by atoms with Crippen LogP contribution in [-0.4, -0.2) is 73.2 Å². The molecule has 0 saturated carbocycles. The molecule has 0 fully saturated rings. The Balaban J connectivity index is 1.55. The highest BCUT2D eigenvalue weighted by molar-refractivity contribution is 5.92. The molecular formula is C30H37N5O6. The lowest BCUT2D eigenvalue weighted by Gasteiger charge is -2.38. The number of carbonyl (C=O) groups is 2. The minimum atomic E-state index is -0.493. The summed E-state index contributed by atoms with van der Waals surface area (Å²) in [5.74, 6) is 1.02. The van der Waals surface area contributed by atoms with Crippen LogP contribution in [-0.2, 0) is 22.6 Å². The van der Waals surface area contributed by atoms with Crippen molar-refractivity contribution in [3.8, 4) is 11.5 Å². The van der Waals surface area contributed by atoms with Crippen molar-refractivity contribution in [3.63, 3.8) is 0 Å². The number of nitro benzene ring substituents is 1. The molecule has 2 amide bonds. The van der Waals surface area contributed by atoms with E-state index in [0.29, 0.717) is 36.5 Å². The van der Waals surface area contributed by atoms with Gasteiger partial charge in [-0.3, -0.25) is 29.6 Å². The molecule has 2 aliphatic rings. The SMILES string of the molecule is CCC1=C(N(C=O)CCCN2CCc3cc(OC)c(OC)cc3C2)C(c2ccc([N+](=O)[O-])cc2)C(NC=O)C(C)=N1. The van der Waals surface area contributed by atoms with Crippen LogP contribution in [0.5, 0.6) is 11.5 Å². The highest BCUT2D eigenvalue weighted by atomic mass is 16.6. The second-order valence-corrected chi connectivity index (χ2v) is 10.2. The van der Waals surface area contributed by atoms with E-state index in [1.807, 2.05) is 26.0 Å². The predicted molar refractivity (Wildman–Crippen MR) is 155 cm³/mol. The number of rotatable bonds is 13. The van der Waals surface area contributed by atoms with Crippen molar-refractivity contribution in [2.45, 2.75) is 51.6 Å². The van der Waals surface area contributed by atoms with Crippen LogP contribution >= 0.6 is 0 Å². The van der Waals surface area contributed by atoms with Crippen LogP contribution in [0, 0.1) is 10.1 Å². The van der Waals surface area contributed by atoms with Crippen LogP contribution in [0.3, 0.4) is 0 Å². The first-order valence-corrected chi connectivity index (χ1v) is 13.7. The molecule has 2 heterocycles. The fraction of sp³-hybridized carbons (Fsp3) is 0.433. The molecule has 2 aromatic carbocycles. The normalized spacial score (nSPS) is 18.7. The van der Waals surface area contributed by atoms with Crippen LogP contribution < -0.4 is 14.8 Å². The number of allylic oxidation sites excluding steroid dienone is 1. The lowest BCUT2D eigenvalue weighted by Crippen LogP contribution is -2.46. The summed E-state index contributed by atoms with van der Waals surface area (Å²) >= 11 is 0.